The predicted octanol–water partition coefficient (Wildman–Crippen LogP) is 4.28. The average Bonchev–Trinajstić information content (AvgIpc) is 2.46. The molecule has 1 aromatic carbocycles. The maximum absolute atomic E-state index is 12.0. The van der Waals surface area contributed by atoms with E-state index >= 15 is 0 Å². The summed E-state index contributed by atoms with van der Waals surface area (Å²) in [6, 6.07) is 8.06. The number of rotatable bonds is 4. The molecule has 0 radical (unpaired) electrons. The molecule has 1 aromatic rings. The molecule has 1 atom stereocenters. The SMILES string of the molecule is COC(=O)[C@H](Cc1ccccc1Br)C1=CCCCC1. The third kappa shape index (κ3) is 3.69. The Morgan fingerprint density at radius 3 is 2.79 bits per heavy atom. The highest BCUT2D eigenvalue weighted by atomic mass is 79.9. The van der Waals surface area contributed by atoms with Crippen molar-refractivity contribution in [2.45, 2.75) is 32.1 Å². The monoisotopic (exact) mass is 322 g/mol. The Morgan fingerprint density at radius 1 is 1.37 bits per heavy atom. The minimum atomic E-state index is -0.135. The van der Waals surface area contributed by atoms with Crippen LogP contribution in [0.25, 0.3) is 0 Å². The van der Waals surface area contributed by atoms with Crippen LogP contribution in [-0.2, 0) is 16.0 Å². The van der Waals surface area contributed by atoms with E-state index in [4.69, 9.17) is 4.74 Å². The van der Waals surface area contributed by atoms with Crippen LogP contribution in [0.4, 0.5) is 0 Å². The highest BCUT2D eigenvalue weighted by Crippen LogP contribution is 2.29. The first-order valence-electron chi connectivity index (χ1n) is 6.72. The highest BCUT2D eigenvalue weighted by molar-refractivity contribution is 9.10. The van der Waals surface area contributed by atoms with Gasteiger partial charge in [0.2, 0.25) is 0 Å². The summed E-state index contributed by atoms with van der Waals surface area (Å²) in [6.07, 6.45) is 7.44. The normalized spacial score (nSPS) is 16.6. The third-order valence-corrected chi connectivity index (χ3v) is 4.41. The number of carbonyl (C=O) groups is 1. The number of allylic oxidation sites excluding steroid dienone is 1. The minimum absolute atomic E-state index is 0.121. The van der Waals surface area contributed by atoms with E-state index in [-0.39, 0.29) is 11.9 Å². The molecule has 0 spiro atoms. The van der Waals surface area contributed by atoms with E-state index in [1.54, 1.807) is 0 Å². The van der Waals surface area contributed by atoms with E-state index in [9.17, 15) is 4.79 Å². The predicted molar refractivity (Wildman–Crippen MR) is 79.9 cm³/mol. The lowest BCUT2D eigenvalue weighted by molar-refractivity contribution is -0.144. The number of methoxy groups -OCH3 is 1. The van der Waals surface area contributed by atoms with Crippen LogP contribution in [0.5, 0.6) is 0 Å². The number of halogens is 1. The van der Waals surface area contributed by atoms with Crippen molar-refractivity contribution in [3.63, 3.8) is 0 Å². The number of ether oxygens (including phenoxy) is 1. The number of hydrogen-bond donors (Lipinski definition) is 0. The van der Waals surface area contributed by atoms with Gasteiger partial charge in [-0.3, -0.25) is 4.79 Å². The molecule has 102 valence electrons. The van der Waals surface area contributed by atoms with Crippen LogP contribution in [0.15, 0.2) is 40.4 Å². The van der Waals surface area contributed by atoms with Crippen molar-refractivity contribution in [1.29, 1.82) is 0 Å². The summed E-state index contributed by atoms with van der Waals surface area (Å²) in [5, 5.41) is 0. The number of hydrogen-bond acceptors (Lipinski definition) is 2. The molecule has 0 bridgehead atoms. The number of carbonyl (C=O) groups excluding carboxylic acids is 1. The zero-order valence-corrected chi connectivity index (χ0v) is 12.8. The van der Waals surface area contributed by atoms with Crippen molar-refractivity contribution < 1.29 is 9.53 Å². The van der Waals surface area contributed by atoms with Gasteiger partial charge >= 0.3 is 5.97 Å². The first kappa shape index (κ1) is 14.3. The van der Waals surface area contributed by atoms with Gasteiger partial charge in [0.25, 0.3) is 0 Å². The van der Waals surface area contributed by atoms with Gasteiger partial charge < -0.3 is 4.74 Å². The smallest absolute Gasteiger partial charge is 0.313 e. The first-order valence-corrected chi connectivity index (χ1v) is 7.52. The molecule has 0 amide bonds. The van der Waals surface area contributed by atoms with Crippen molar-refractivity contribution in [3.8, 4) is 0 Å². The second kappa shape index (κ2) is 6.90. The molecule has 2 rings (SSSR count). The van der Waals surface area contributed by atoms with Crippen LogP contribution in [0.3, 0.4) is 0 Å². The molecule has 0 heterocycles. The third-order valence-electron chi connectivity index (χ3n) is 3.64. The van der Waals surface area contributed by atoms with E-state index in [1.165, 1.54) is 25.5 Å². The molecule has 0 aliphatic heterocycles. The van der Waals surface area contributed by atoms with Gasteiger partial charge in [0, 0.05) is 4.47 Å². The van der Waals surface area contributed by atoms with Gasteiger partial charge in [-0.2, -0.15) is 0 Å². The Hall–Kier alpha value is -1.09. The summed E-state index contributed by atoms with van der Waals surface area (Å²) >= 11 is 3.55. The van der Waals surface area contributed by atoms with Crippen LogP contribution >= 0.6 is 15.9 Å². The molecule has 1 aliphatic carbocycles. The molecule has 3 heteroatoms. The molecule has 2 nitrogen and oxygen atoms in total. The first-order chi connectivity index (χ1) is 9.22. The van der Waals surface area contributed by atoms with Gasteiger partial charge in [-0.05, 0) is 43.7 Å². The van der Waals surface area contributed by atoms with E-state index in [0.29, 0.717) is 6.42 Å². The Balaban J connectivity index is 2.21. The zero-order valence-electron chi connectivity index (χ0n) is 11.2. The summed E-state index contributed by atoms with van der Waals surface area (Å²) in [5.74, 6) is -0.257. The van der Waals surface area contributed by atoms with Crippen molar-refractivity contribution in [2.24, 2.45) is 5.92 Å². The number of esters is 1. The summed E-state index contributed by atoms with van der Waals surface area (Å²) < 4.78 is 6.04. The topological polar surface area (TPSA) is 26.3 Å². The second-order valence-electron chi connectivity index (χ2n) is 4.90. The van der Waals surface area contributed by atoms with Crippen molar-refractivity contribution in [2.75, 3.05) is 7.11 Å². The van der Waals surface area contributed by atoms with Crippen molar-refractivity contribution in [3.05, 3.63) is 46.0 Å². The Morgan fingerprint density at radius 2 is 2.16 bits per heavy atom. The van der Waals surface area contributed by atoms with Gasteiger partial charge in [-0.15, -0.1) is 0 Å². The van der Waals surface area contributed by atoms with Crippen molar-refractivity contribution in [1.82, 2.24) is 0 Å². The fourth-order valence-corrected chi connectivity index (χ4v) is 3.02. The molecule has 0 unspecified atom stereocenters. The molecule has 1 aliphatic rings. The Bertz CT molecular complexity index is 479. The lowest BCUT2D eigenvalue weighted by atomic mass is 9.85. The van der Waals surface area contributed by atoms with Gasteiger partial charge in [-0.25, -0.2) is 0 Å². The van der Waals surface area contributed by atoms with Crippen LogP contribution in [-0.4, -0.2) is 13.1 Å². The van der Waals surface area contributed by atoms with E-state index in [2.05, 4.69) is 28.1 Å². The standard InChI is InChI=1S/C16H19BrO2/c1-19-16(18)14(12-7-3-2-4-8-12)11-13-9-5-6-10-15(13)17/h5-7,9-10,14H,2-4,8,11H2,1H3/t14-/m1/s1. The zero-order chi connectivity index (χ0) is 13.7. The second-order valence-corrected chi connectivity index (χ2v) is 5.75. The summed E-state index contributed by atoms with van der Waals surface area (Å²) in [6.45, 7) is 0. The molecular formula is C16H19BrO2. The lowest BCUT2D eigenvalue weighted by Gasteiger charge is -2.21. The van der Waals surface area contributed by atoms with Crippen LogP contribution < -0.4 is 0 Å². The van der Waals surface area contributed by atoms with E-state index < -0.39 is 0 Å². The molecule has 0 N–H and O–H groups in total. The molecule has 0 saturated heterocycles. The molecular weight excluding hydrogens is 304 g/mol. The maximum atomic E-state index is 12.0. The van der Waals surface area contributed by atoms with Gasteiger partial charge in [0.05, 0.1) is 13.0 Å². The van der Waals surface area contributed by atoms with E-state index in [1.807, 2.05) is 18.2 Å². The summed E-state index contributed by atoms with van der Waals surface area (Å²) in [7, 11) is 1.47. The molecule has 0 aromatic heterocycles. The van der Waals surface area contributed by atoms with Gasteiger partial charge in [-0.1, -0.05) is 45.8 Å². The van der Waals surface area contributed by atoms with Crippen LogP contribution in [0.1, 0.15) is 31.2 Å². The lowest BCUT2D eigenvalue weighted by Crippen LogP contribution is -2.22. The quantitative estimate of drug-likeness (QED) is 0.611. The fraction of sp³-hybridized carbons (Fsp3) is 0.438. The van der Waals surface area contributed by atoms with Gasteiger partial charge in [0.1, 0.15) is 0 Å². The van der Waals surface area contributed by atoms with Crippen LogP contribution in [0, 0.1) is 5.92 Å². The van der Waals surface area contributed by atoms with Gasteiger partial charge in [0.15, 0.2) is 0 Å². The summed E-state index contributed by atoms with van der Waals surface area (Å²) in [5.41, 5.74) is 2.40. The molecule has 0 saturated carbocycles. The largest absolute Gasteiger partial charge is 0.469 e. The minimum Gasteiger partial charge on any atom is -0.469 e. The number of benzene rings is 1. The Kier molecular flexibility index (Phi) is 5.20. The molecule has 19 heavy (non-hydrogen) atoms. The van der Waals surface area contributed by atoms with E-state index in [0.717, 1.165) is 22.9 Å². The maximum Gasteiger partial charge on any atom is 0.313 e. The van der Waals surface area contributed by atoms with Crippen LogP contribution in [0.2, 0.25) is 0 Å². The summed E-state index contributed by atoms with van der Waals surface area (Å²) in [4.78, 5) is 12.0. The Labute approximate surface area is 123 Å². The molecule has 0 fully saturated rings. The van der Waals surface area contributed by atoms with Crippen molar-refractivity contribution >= 4 is 21.9 Å². The fourth-order valence-electron chi connectivity index (χ4n) is 2.57. The highest BCUT2D eigenvalue weighted by Gasteiger charge is 2.25. The average molecular weight is 323 g/mol.